The van der Waals surface area contributed by atoms with Gasteiger partial charge in [-0.3, -0.25) is 9.59 Å². The van der Waals surface area contributed by atoms with Crippen LogP contribution in [0.25, 0.3) is 0 Å². The van der Waals surface area contributed by atoms with Gasteiger partial charge in [0.05, 0.1) is 0 Å². The summed E-state index contributed by atoms with van der Waals surface area (Å²) in [7, 11) is 0. The number of ketones is 1. The molecule has 1 aromatic carbocycles. The standard InChI is InChI=1S/C15H18N2O2/c18-14-8-10-17(12-6-2-1-5-11(12)14)13-7-3-4-9-16-15(13)19/h1-2,5-6,13H,3-4,7-10H2,(H,16,19). The van der Waals surface area contributed by atoms with Crippen molar-refractivity contribution in [3.63, 3.8) is 0 Å². The van der Waals surface area contributed by atoms with Gasteiger partial charge < -0.3 is 10.2 Å². The summed E-state index contributed by atoms with van der Waals surface area (Å²) in [6.45, 7) is 1.41. The minimum atomic E-state index is -0.128. The van der Waals surface area contributed by atoms with Crippen molar-refractivity contribution in [2.45, 2.75) is 31.7 Å². The monoisotopic (exact) mass is 258 g/mol. The lowest BCUT2D eigenvalue weighted by Gasteiger charge is -2.35. The third kappa shape index (κ3) is 2.23. The number of nitrogens with one attached hydrogen (secondary N) is 1. The Bertz CT molecular complexity index is 513. The Labute approximate surface area is 112 Å². The van der Waals surface area contributed by atoms with Gasteiger partial charge in [-0.1, -0.05) is 12.1 Å². The zero-order chi connectivity index (χ0) is 13.2. The van der Waals surface area contributed by atoms with E-state index in [1.165, 1.54) is 0 Å². The van der Waals surface area contributed by atoms with Gasteiger partial charge >= 0.3 is 0 Å². The van der Waals surface area contributed by atoms with E-state index in [9.17, 15) is 9.59 Å². The highest BCUT2D eigenvalue weighted by Crippen LogP contribution is 2.30. The zero-order valence-electron chi connectivity index (χ0n) is 10.9. The predicted molar refractivity (Wildman–Crippen MR) is 73.4 cm³/mol. The minimum Gasteiger partial charge on any atom is -0.358 e. The van der Waals surface area contributed by atoms with Gasteiger partial charge in [0.2, 0.25) is 5.91 Å². The van der Waals surface area contributed by atoms with Crippen molar-refractivity contribution >= 4 is 17.4 Å². The van der Waals surface area contributed by atoms with Crippen LogP contribution in [-0.2, 0) is 4.79 Å². The summed E-state index contributed by atoms with van der Waals surface area (Å²) in [6, 6.07) is 7.49. The first-order chi connectivity index (χ1) is 9.27. The molecule has 0 bridgehead atoms. The molecule has 3 rings (SSSR count). The zero-order valence-corrected chi connectivity index (χ0v) is 10.9. The smallest absolute Gasteiger partial charge is 0.242 e. The van der Waals surface area contributed by atoms with Crippen LogP contribution in [0, 0.1) is 0 Å². The molecule has 1 fully saturated rings. The van der Waals surface area contributed by atoms with Crippen molar-refractivity contribution in [1.29, 1.82) is 0 Å². The molecule has 1 aromatic rings. The Morgan fingerprint density at radius 1 is 1.16 bits per heavy atom. The number of hydrogen-bond donors (Lipinski definition) is 1. The van der Waals surface area contributed by atoms with Gasteiger partial charge in [0.15, 0.2) is 5.78 Å². The number of carbonyl (C=O) groups excluding carboxylic acids is 2. The van der Waals surface area contributed by atoms with Crippen LogP contribution in [0.2, 0.25) is 0 Å². The van der Waals surface area contributed by atoms with E-state index in [1.54, 1.807) is 0 Å². The third-order valence-corrected chi connectivity index (χ3v) is 3.98. The number of Topliss-reactive ketones (excluding diaryl/α,β-unsaturated/α-hetero) is 1. The van der Waals surface area contributed by atoms with Gasteiger partial charge in [-0.25, -0.2) is 0 Å². The first-order valence-corrected chi connectivity index (χ1v) is 6.94. The number of benzene rings is 1. The number of carbonyl (C=O) groups is 2. The Hall–Kier alpha value is -1.84. The van der Waals surface area contributed by atoms with Crippen LogP contribution < -0.4 is 10.2 Å². The molecule has 4 heteroatoms. The van der Waals surface area contributed by atoms with Crippen LogP contribution in [0.5, 0.6) is 0 Å². The first-order valence-electron chi connectivity index (χ1n) is 6.94. The summed E-state index contributed by atoms with van der Waals surface area (Å²) >= 11 is 0. The number of rotatable bonds is 1. The number of para-hydroxylation sites is 1. The second kappa shape index (κ2) is 5.03. The number of amides is 1. The van der Waals surface area contributed by atoms with Crippen molar-refractivity contribution in [3.05, 3.63) is 29.8 Å². The molecule has 100 valence electrons. The lowest BCUT2D eigenvalue weighted by Crippen LogP contribution is -2.48. The third-order valence-electron chi connectivity index (χ3n) is 3.98. The maximum Gasteiger partial charge on any atom is 0.242 e. The van der Waals surface area contributed by atoms with Crippen molar-refractivity contribution in [2.75, 3.05) is 18.0 Å². The predicted octanol–water partition coefficient (Wildman–Crippen LogP) is 1.75. The van der Waals surface area contributed by atoms with E-state index in [0.29, 0.717) is 13.0 Å². The average molecular weight is 258 g/mol. The van der Waals surface area contributed by atoms with E-state index in [2.05, 4.69) is 10.2 Å². The van der Waals surface area contributed by atoms with Crippen LogP contribution in [0.15, 0.2) is 24.3 Å². The second-order valence-electron chi connectivity index (χ2n) is 5.19. The van der Waals surface area contributed by atoms with Gasteiger partial charge in [-0.2, -0.15) is 0 Å². The van der Waals surface area contributed by atoms with Crippen LogP contribution in [0.1, 0.15) is 36.0 Å². The van der Waals surface area contributed by atoms with E-state index in [-0.39, 0.29) is 17.7 Å². The quantitative estimate of drug-likeness (QED) is 0.835. The molecule has 1 N–H and O–H groups in total. The molecule has 19 heavy (non-hydrogen) atoms. The van der Waals surface area contributed by atoms with Crippen molar-refractivity contribution in [3.8, 4) is 0 Å². The molecule has 2 aliphatic heterocycles. The molecule has 0 aliphatic carbocycles. The van der Waals surface area contributed by atoms with E-state index in [1.807, 2.05) is 24.3 Å². The molecule has 4 nitrogen and oxygen atoms in total. The van der Waals surface area contributed by atoms with Crippen LogP contribution in [-0.4, -0.2) is 30.8 Å². The molecule has 1 saturated heterocycles. The van der Waals surface area contributed by atoms with Crippen LogP contribution >= 0.6 is 0 Å². The largest absolute Gasteiger partial charge is 0.358 e. The molecule has 1 amide bonds. The lowest BCUT2D eigenvalue weighted by atomic mass is 9.97. The van der Waals surface area contributed by atoms with Crippen molar-refractivity contribution in [1.82, 2.24) is 5.32 Å². The molecule has 1 unspecified atom stereocenters. The highest BCUT2D eigenvalue weighted by Gasteiger charge is 2.32. The molecule has 0 radical (unpaired) electrons. The molecule has 2 aliphatic rings. The Morgan fingerprint density at radius 3 is 2.89 bits per heavy atom. The summed E-state index contributed by atoms with van der Waals surface area (Å²) in [4.78, 5) is 26.2. The fourth-order valence-corrected chi connectivity index (χ4v) is 2.98. The maximum absolute atomic E-state index is 12.2. The molecule has 0 saturated carbocycles. The van der Waals surface area contributed by atoms with E-state index < -0.39 is 0 Å². The number of nitrogens with zero attached hydrogens (tertiary/aromatic N) is 1. The van der Waals surface area contributed by atoms with E-state index in [0.717, 1.165) is 37.1 Å². The molecule has 1 atom stereocenters. The lowest BCUT2D eigenvalue weighted by molar-refractivity contribution is -0.122. The highest BCUT2D eigenvalue weighted by atomic mass is 16.2. The molecule has 2 heterocycles. The van der Waals surface area contributed by atoms with E-state index >= 15 is 0 Å². The van der Waals surface area contributed by atoms with Crippen molar-refractivity contribution < 1.29 is 9.59 Å². The highest BCUT2D eigenvalue weighted by molar-refractivity contribution is 6.04. The number of hydrogen-bond acceptors (Lipinski definition) is 3. The topological polar surface area (TPSA) is 49.4 Å². The van der Waals surface area contributed by atoms with Gasteiger partial charge in [0.1, 0.15) is 6.04 Å². The molecule has 0 spiro atoms. The molecule has 0 aromatic heterocycles. The maximum atomic E-state index is 12.2. The van der Waals surface area contributed by atoms with Gasteiger partial charge in [0.25, 0.3) is 0 Å². The fraction of sp³-hybridized carbons (Fsp3) is 0.467. The SMILES string of the molecule is O=C1CCN(C2CCCCNC2=O)c2ccccc21. The Balaban J connectivity index is 1.95. The summed E-state index contributed by atoms with van der Waals surface area (Å²) in [5.41, 5.74) is 1.67. The number of fused-ring (bicyclic) bond motifs is 1. The Morgan fingerprint density at radius 2 is 2.00 bits per heavy atom. The number of anilines is 1. The summed E-state index contributed by atoms with van der Waals surface area (Å²) in [6.07, 6.45) is 3.46. The normalized spacial score (nSPS) is 23.6. The average Bonchev–Trinajstić information content (AvgIpc) is 2.65. The van der Waals surface area contributed by atoms with Gasteiger partial charge in [-0.05, 0) is 31.4 Å². The van der Waals surface area contributed by atoms with Crippen LogP contribution in [0.4, 0.5) is 5.69 Å². The minimum absolute atomic E-state index is 0.0988. The first kappa shape index (κ1) is 12.2. The molecular formula is C15H18N2O2. The summed E-state index contributed by atoms with van der Waals surface area (Å²) in [5, 5.41) is 2.97. The van der Waals surface area contributed by atoms with E-state index in [4.69, 9.17) is 0 Å². The second-order valence-corrected chi connectivity index (χ2v) is 5.19. The summed E-state index contributed by atoms with van der Waals surface area (Å²) < 4.78 is 0. The Kier molecular flexibility index (Phi) is 3.23. The van der Waals surface area contributed by atoms with Crippen LogP contribution in [0.3, 0.4) is 0 Å². The molecular weight excluding hydrogens is 240 g/mol. The van der Waals surface area contributed by atoms with Crippen molar-refractivity contribution in [2.24, 2.45) is 0 Å². The fourth-order valence-electron chi connectivity index (χ4n) is 2.98. The van der Waals surface area contributed by atoms with Gasteiger partial charge in [0, 0.05) is 30.8 Å². The summed E-state index contributed by atoms with van der Waals surface area (Å²) in [5.74, 6) is 0.280. The van der Waals surface area contributed by atoms with Gasteiger partial charge in [-0.15, -0.1) is 0 Å².